The Labute approximate surface area is 116 Å². The molecule has 0 aromatic heterocycles. The van der Waals surface area contributed by atoms with Gasteiger partial charge in [0.2, 0.25) is 0 Å². The van der Waals surface area contributed by atoms with Crippen LogP contribution in [0.15, 0.2) is 28.7 Å². The molecule has 98 valence electrons. The van der Waals surface area contributed by atoms with Crippen LogP contribution >= 0.6 is 15.9 Å². The monoisotopic (exact) mass is 311 g/mol. The minimum atomic E-state index is -0.668. The van der Waals surface area contributed by atoms with E-state index in [1.165, 1.54) is 0 Å². The van der Waals surface area contributed by atoms with Crippen molar-refractivity contribution >= 4 is 27.6 Å². The van der Waals surface area contributed by atoms with Gasteiger partial charge < -0.3 is 10.4 Å². The highest BCUT2D eigenvalue weighted by atomic mass is 79.9. The zero-order valence-electron chi connectivity index (χ0n) is 10.2. The van der Waals surface area contributed by atoms with Crippen molar-refractivity contribution in [1.29, 1.82) is 0 Å². The second-order valence-electron chi connectivity index (χ2n) is 4.97. The molecule has 0 spiro atoms. The predicted molar refractivity (Wildman–Crippen MR) is 75.8 cm³/mol. The number of nitrogens with one attached hydrogen (secondary N) is 1. The molecule has 4 heteroatoms. The fraction of sp³-hybridized carbons (Fsp3) is 0.500. The Bertz CT molecular complexity index is 414. The van der Waals surface area contributed by atoms with E-state index in [9.17, 15) is 4.79 Å². The normalized spacial score (nSPS) is 23.6. The molecule has 0 aliphatic heterocycles. The van der Waals surface area contributed by atoms with Gasteiger partial charge >= 0.3 is 5.97 Å². The van der Waals surface area contributed by atoms with E-state index in [4.69, 9.17) is 5.11 Å². The van der Waals surface area contributed by atoms with E-state index in [2.05, 4.69) is 33.4 Å². The lowest BCUT2D eigenvalue weighted by Crippen LogP contribution is -2.27. The second-order valence-corrected chi connectivity index (χ2v) is 5.89. The van der Waals surface area contributed by atoms with Gasteiger partial charge in [0.15, 0.2) is 0 Å². The van der Waals surface area contributed by atoms with Crippen molar-refractivity contribution < 1.29 is 9.90 Å². The lowest BCUT2D eigenvalue weighted by atomic mass is 9.84. The number of aliphatic carboxylic acids is 1. The fourth-order valence-corrected chi connectivity index (χ4v) is 2.97. The quantitative estimate of drug-likeness (QED) is 0.886. The third-order valence-corrected chi connectivity index (χ3v) is 4.00. The van der Waals surface area contributed by atoms with Gasteiger partial charge in [-0.05, 0) is 49.8 Å². The van der Waals surface area contributed by atoms with Crippen LogP contribution in [0.2, 0.25) is 0 Å². The largest absolute Gasteiger partial charge is 0.481 e. The number of hydrogen-bond acceptors (Lipinski definition) is 2. The van der Waals surface area contributed by atoms with Crippen LogP contribution in [0.5, 0.6) is 0 Å². The van der Waals surface area contributed by atoms with Crippen LogP contribution < -0.4 is 5.32 Å². The second kappa shape index (κ2) is 6.23. The molecule has 0 unspecified atom stereocenters. The zero-order valence-corrected chi connectivity index (χ0v) is 11.8. The molecule has 1 aromatic carbocycles. The van der Waals surface area contributed by atoms with Crippen LogP contribution in [0.4, 0.5) is 5.69 Å². The maximum atomic E-state index is 10.7. The molecule has 0 amide bonds. The molecule has 0 saturated heterocycles. The summed E-state index contributed by atoms with van der Waals surface area (Å²) in [6.45, 7) is 0. The lowest BCUT2D eigenvalue weighted by Gasteiger charge is -2.29. The Balaban J connectivity index is 1.81. The summed E-state index contributed by atoms with van der Waals surface area (Å²) >= 11 is 3.46. The average Bonchev–Trinajstić information content (AvgIpc) is 2.31. The van der Waals surface area contributed by atoms with Gasteiger partial charge in [-0.3, -0.25) is 4.79 Å². The number of anilines is 1. The van der Waals surface area contributed by atoms with E-state index in [1.54, 1.807) is 0 Å². The van der Waals surface area contributed by atoms with E-state index in [0.717, 1.165) is 35.8 Å². The van der Waals surface area contributed by atoms with Gasteiger partial charge in [0.25, 0.3) is 0 Å². The summed E-state index contributed by atoms with van der Waals surface area (Å²) < 4.78 is 1.08. The van der Waals surface area contributed by atoms with Gasteiger partial charge in [-0.15, -0.1) is 0 Å². The van der Waals surface area contributed by atoms with Crippen LogP contribution in [0.25, 0.3) is 0 Å². The molecule has 0 atom stereocenters. The number of carboxylic acid groups (broad SMARTS) is 1. The highest BCUT2D eigenvalue weighted by Crippen LogP contribution is 2.29. The molecule has 1 saturated carbocycles. The topological polar surface area (TPSA) is 49.3 Å². The molecule has 2 N–H and O–H groups in total. The SMILES string of the molecule is O=C(O)CC1CCC(Nc2cccc(Br)c2)CC1. The van der Waals surface area contributed by atoms with Crippen molar-refractivity contribution in [1.82, 2.24) is 0 Å². The molecule has 2 rings (SSSR count). The van der Waals surface area contributed by atoms with E-state index in [-0.39, 0.29) is 0 Å². The van der Waals surface area contributed by atoms with E-state index in [0.29, 0.717) is 18.4 Å². The van der Waals surface area contributed by atoms with Crippen LogP contribution in [-0.2, 0) is 4.79 Å². The summed E-state index contributed by atoms with van der Waals surface area (Å²) in [5, 5.41) is 12.3. The first kappa shape index (κ1) is 13.4. The Kier molecular flexibility index (Phi) is 4.64. The maximum Gasteiger partial charge on any atom is 0.303 e. The predicted octanol–water partition coefficient (Wildman–Crippen LogP) is 3.89. The molecule has 0 heterocycles. The van der Waals surface area contributed by atoms with E-state index >= 15 is 0 Å². The van der Waals surface area contributed by atoms with Crippen molar-refractivity contribution in [3.05, 3.63) is 28.7 Å². The molecule has 1 aliphatic rings. The first-order chi connectivity index (χ1) is 8.63. The summed E-state index contributed by atoms with van der Waals surface area (Å²) in [5.41, 5.74) is 1.13. The number of rotatable bonds is 4. The van der Waals surface area contributed by atoms with Gasteiger partial charge in [-0.1, -0.05) is 22.0 Å². The summed E-state index contributed by atoms with van der Waals surface area (Å²) in [4.78, 5) is 10.7. The Hall–Kier alpha value is -1.03. The molecule has 1 aromatic rings. The molecule has 18 heavy (non-hydrogen) atoms. The first-order valence-electron chi connectivity index (χ1n) is 6.37. The number of carbonyl (C=O) groups is 1. The summed E-state index contributed by atoms with van der Waals surface area (Å²) in [6, 6.07) is 8.64. The Morgan fingerprint density at radius 2 is 2.06 bits per heavy atom. The number of halogens is 1. The van der Waals surface area contributed by atoms with Crippen molar-refractivity contribution in [2.75, 3.05) is 5.32 Å². The zero-order chi connectivity index (χ0) is 13.0. The minimum absolute atomic E-state index is 0.323. The summed E-state index contributed by atoms with van der Waals surface area (Å²) in [7, 11) is 0. The fourth-order valence-electron chi connectivity index (χ4n) is 2.57. The van der Waals surface area contributed by atoms with E-state index < -0.39 is 5.97 Å². The molecule has 0 radical (unpaired) electrons. The van der Waals surface area contributed by atoms with Crippen LogP contribution in [0.3, 0.4) is 0 Å². The Morgan fingerprint density at radius 3 is 2.67 bits per heavy atom. The lowest BCUT2D eigenvalue weighted by molar-refractivity contribution is -0.138. The van der Waals surface area contributed by atoms with Crippen molar-refractivity contribution in [3.8, 4) is 0 Å². The molecule has 1 aliphatic carbocycles. The Morgan fingerprint density at radius 1 is 1.33 bits per heavy atom. The van der Waals surface area contributed by atoms with Crippen molar-refractivity contribution in [2.24, 2.45) is 5.92 Å². The number of benzene rings is 1. The average molecular weight is 312 g/mol. The first-order valence-corrected chi connectivity index (χ1v) is 7.16. The van der Waals surface area contributed by atoms with Crippen molar-refractivity contribution in [3.63, 3.8) is 0 Å². The molecular weight excluding hydrogens is 294 g/mol. The molecule has 3 nitrogen and oxygen atoms in total. The molecule has 0 bridgehead atoms. The summed E-state index contributed by atoms with van der Waals surface area (Å²) in [6.07, 6.45) is 4.47. The van der Waals surface area contributed by atoms with Gasteiger partial charge in [-0.2, -0.15) is 0 Å². The van der Waals surface area contributed by atoms with Gasteiger partial charge in [-0.25, -0.2) is 0 Å². The summed E-state index contributed by atoms with van der Waals surface area (Å²) in [5.74, 6) is -0.304. The third-order valence-electron chi connectivity index (χ3n) is 3.51. The molecular formula is C14H18BrNO2. The third kappa shape index (κ3) is 4.02. The minimum Gasteiger partial charge on any atom is -0.481 e. The number of carboxylic acids is 1. The van der Waals surface area contributed by atoms with Crippen LogP contribution in [0, 0.1) is 5.92 Å². The van der Waals surface area contributed by atoms with Gasteiger partial charge in [0.05, 0.1) is 0 Å². The van der Waals surface area contributed by atoms with Crippen LogP contribution in [-0.4, -0.2) is 17.1 Å². The highest BCUT2D eigenvalue weighted by molar-refractivity contribution is 9.10. The van der Waals surface area contributed by atoms with Gasteiger partial charge in [0.1, 0.15) is 0 Å². The number of hydrogen-bond donors (Lipinski definition) is 2. The standard InChI is InChI=1S/C14H18BrNO2/c15-11-2-1-3-13(9-11)16-12-6-4-10(5-7-12)8-14(17)18/h1-3,9-10,12,16H,4-8H2,(H,17,18). The molecule has 1 fully saturated rings. The van der Waals surface area contributed by atoms with E-state index in [1.807, 2.05) is 12.1 Å². The van der Waals surface area contributed by atoms with Gasteiger partial charge in [0, 0.05) is 22.6 Å². The highest BCUT2D eigenvalue weighted by Gasteiger charge is 2.22. The smallest absolute Gasteiger partial charge is 0.303 e. The van der Waals surface area contributed by atoms with Crippen LogP contribution in [0.1, 0.15) is 32.1 Å². The van der Waals surface area contributed by atoms with Crippen molar-refractivity contribution in [2.45, 2.75) is 38.1 Å². The maximum absolute atomic E-state index is 10.7.